The molecule has 0 saturated heterocycles. The van der Waals surface area contributed by atoms with E-state index < -0.39 is 44.3 Å². The Bertz CT molecular complexity index is 488. The summed E-state index contributed by atoms with van der Waals surface area (Å²) in [5.74, 6) is -8.37. The first kappa shape index (κ1) is 25.2. The van der Waals surface area contributed by atoms with Crippen molar-refractivity contribution in [1.82, 2.24) is 0 Å². The van der Waals surface area contributed by atoms with Gasteiger partial charge in [0.2, 0.25) is 0 Å². The van der Waals surface area contributed by atoms with E-state index in [0.717, 1.165) is 0 Å². The summed E-state index contributed by atoms with van der Waals surface area (Å²) in [5, 5.41) is 18.3. The molecule has 0 aromatic heterocycles. The van der Waals surface area contributed by atoms with Gasteiger partial charge in [-0.25, -0.2) is 0 Å². The van der Waals surface area contributed by atoms with E-state index in [4.69, 9.17) is 4.55 Å². The predicted octanol–water partition coefficient (Wildman–Crippen LogP) is -10.1. The Morgan fingerprint density at radius 3 is 1.35 bits per heavy atom. The maximum atomic E-state index is 11.2. The van der Waals surface area contributed by atoms with Gasteiger partial charge in [0.25, 0.3) is 10.1 Å². The van der Waals surface area contributed by atoms with Gasteiger partial charge in [-0.2, -0.15) is 8.42 Å². The molecule has 0 amide bonds. The Labute approximate surface area is 158 Å². The molecule has 12 heteroatoms. The van der Waals surface area contributed by atoms with Crippen LogP contribution in [0.3, 0.4) is 0 Å². The minimum absolute atomic E-state index is 0. The van der Waals surface area contributed by atoms with Gasteiger partial charge in [-0.05, 0) is 13.8 Å². The Balaban J connectivity index is -0.00000144. The molecular formula is C8H8Na2O9S. The van der Waals surface area contributed by atoms with E-state index in [0.29, 0.717) is 13.8 Å². The normalized spacial score (nSPS) is 12.3. The van der Waals surface area contributed by atoms with Crippen LogP contribution in [0.25, 0.3) is 0 Å². The number of carbonyl (C=O) groups excluding carboxylic acids is 4. The fraction of sp³-hybridized carbons (Fsp3) is 0.500. The van der Waals surface area contributed by atoms with Crippen molar-refractivity contribution in [1.29, 1.82) is 0 Å². The third kappa shape index (κ3) is 4.60. The van der Waals surface area contributed by atoms with Gasteiger partial charge >= 0.3 is 59.1 Å². The minimum atomic E-state index is -5.58. The second-order valence-electron chi connectivity index (χ2n) is 3.42. The van der Waals surface area contributed by atoms with Crippen LogP contribution in [0, 0.1) is 5.41 Å². The molecular weight excluding hydrogens is 318 g/mol. The molecule has 0 heterocycles. The van der Waals surface area contributed by atoms with E-state index in [1.807, 2.05) is 0 Å². The maximum Gasteiger partial charge on any atom is 1.00 e. The third-order valence-corrected chi connectivity index (χ3v) is 3.48. The first-order valence-electron chi connectivity index (χ1n) is 4.30. The minimum Gasteiger partial charge on any atom is -0.549 e. The Morgan fingerprint density at radius 2 is 1.30 bits per heavy atom. The molecule has 102 valence electrons. The first-order valence-corrected chi connectivity index (χ1v) is 5.81. The molecule has 1 unspecified atom stereocenters. The third-order valence-electron chi connectivity index (χ3n) is 2.34. The van der Waals surface area contributed by atoms with E-state index in [-0.39, 0.29) is 59.1 Å². The SMILES string of the molecule is CC(=O)C(C(C)=O)(C(=O)[O-])C(C(=O)[O-])S(=O)(=O)O.[Na+].[Na+]. The summed E-state index contributed by atoms with van der Waals surface area (Å²) >= 11 is 0. The van der Waals surface area contributed by atoms with Crippen LogP contribution in [0.15, 0.2) is 0 Å². The maximum absolute atomic E-state index is 11.2. The monoisotopic (exact) mass is 326 g/mol. The van der Waals surface area contributed by atoms with Crippen LogP contribution in [0.1, 0.15) is 13.8 Å². The zero-order chi connectivity index (χ0) is 14.9. The first-order chi connectivity index (χ1) is 7.90. The molecule has 0 saturated carbocycles. The van der Waals surface area contributed by atoms with Crippen LogP contribution >= 0.6 is 0 Å². The van der Waals surface area contributed by atoms with Crippen molar-refractivity contribution in [2.24, 2.45) is 5.41 Å². The van der Waals surface area contributed by atoms with Crippen LogP contribution in [0.4, 0.5) is 0 Å². The molecule has 0 radical (unpaired) electrons. The fourth-order valence-electron chi connectivity index (χ4n) is 1.53. The van der Waals surface area contributed by atoms with Crippen LogP contribution < -0.4 is 69.3 Å². The predicted molar refractivity (Wildman–Crippen MR) is 49.1 cm³/mol. The number of hydrogen-bond acceptors (Lipinski definition) is 8. The zero-order valence-corrected chi connectivity index (χ0v) is 16.0. The molecule has 0 bridgehead atoms. The van der Waals surface area contributed by atoms with Crippen molar-refractivity contribution in [2.75, 3.05) is 0 Å². The number of ketones is 2. The van der Waals surface area contributed by atoms with Crippen molar-refractivity contribution in [2.45, 2.75) is 19.1 Å². The number of hydrogen-bond donors (Lipinski definition) is 1. The molecule has 0 aliphatic carbocycles. The van der Waals surface area contributed by atoms with Gasteiger partial charge in [0.15, 0.2) is 22.2 Å². The molecule has 0 aliphatic heterocycles. The zero-order valence-electron chi connectivity index (χ0n) is 11.2. The van der Waals surface area contributed by atoms with Crippen molar-refractivity contribution < 1.29 is 101 Å². The van der Waals surface area contributed by atoms with Gasteiger partial charge in [-0.15, -0.1) is 0 Å². The molecule has 0 rings (SSSR count). The molecule has 1 N–H and O–H groups in total. The quantitative estimate of drug-likeness (QED) is 0.283. The van der Waals surface area contributed by atoms with E-state index in [1.165, 1.54) is 0 Å². The smallest absolute Gasteiger partial charge is 0.549 e. The van der Waals surface area contributed by atoms with Crippen LogP contribution in [0.2, 0.25) is 0 Å². The molecule has 20 heavy (non-hydrogen) atoms. The summed E-state index contributed by atoms with van der Waals surface area (Å²) in [5.41, 5.74) is -3.55. The van der Waals surface area contributed by atoms with E-state index in [2.05, 4.69) is 0 Å². The number of aliphatic carboxylic acids is 2. The molecule has 0 spiro atoms. The average Bonchev–Trinajstić information content (AvgIpc) is 2.08. The number of carbonyl (C=O) groups is 4. The van der Waals surface area contributed by atoms with E-state index in [9.17, 15) is 37.8 Å². The molecule has 0 fully saturated rings. The van der Waals surface area contributed by atoms with Crippen molar-refractivity contribution in [3.8, 4) is 0 Å². The van der Waals surface area contributed by atoms with Gasteiger partial charge in [-0.3, -0.25) is 14.1 Å². The van der Waals surface area contributed by atoms with Crippen LogP contribution in [-0.4, -0.2) is 41.7 Å². The standard InChI is InChI=1S/C8H10O9S.2Na/c1-3(9)8(4(2)10,7(13)14)5(6(11)12)18(15,16)17;;/h5H,1-2H3,(H,11,12)(H,13,14)(H,15,16,17);;/q;2*+1/p-2. The Morgan fingerprint density at radius 1 is 1.00 bits per heavy atom. The molecule has 0 aromatic carbocycles. The molecule has 0 aliphatic rings. The summed E-state index contributed by atoms with van der Waals surface area (Å²) in [6.45, 7) is 0.969. The van der Waals surface area contributed by atoms with E-state index >= 15 is 0 Å². The van der Waals surface area contributed by atoms with Crippen molar-refractivity contribution in [3.63, 3.8) is 0 Å². The van der Waals surface area contributed by atoms with Gasteiger partial charge in [0.1, 0.15) is 0 Å². The summed E-state index contributed by atoms with van der Waals surface area (Å²) in [6, 6.07) is 0. The van der Waals surface area contributed by atoms with Gasteiger partial charge in [0.05, 0.1) is 11.9 Å². The number of rotatable bonds is 6. The summed E-state index contributed by atoms with van der Waals surface area (Å²) < 4.78 is 30.4. The van der Waals surface area contributed by atoms with Gasteiger partial charge in [-0.1, -0.05) is 0 Å². The molecule has 1 atom stereocenters. The van der Waals surface area contributed by atoms with Crippen molar-refractivity contribution in [3.05, 3.63) is 0 Å². The summed E-state index contributed by atoms with van der Waals surface area (Å²) in [6.07, 6.45) is 0. The van der Waals surface area contributed by atoms with Crippen LogP contribution in [-0.2, 0) is 29.3 Å². The second kappa shape index (κ2) is 8.59. The van der Waals surface area contributed by atoms with Gasteiger partial charge in [0, 0.05) is 0 Å². The average molecular weight is 326 g/mol. The topological polar surface area (TPSA) is 169 Å². The second-order valence-corrected chi connectivity index (χ2v) is 4.92. The summed E-state index contributed by atoms with van der Waals surface area (Å²) in [7, 11) is -5.58. The van der Waals surface area contributed by atoms with Gasteiger partial charge < -0.3 is 19.8 Å². The number of carboxylic acids is 2. The molecule has 0 aromatic rings. The van der Waals surface area contributed by atoms with Crippen molar-refractivity contribution >= 4 is 33.6 Å². The Kier molecular flexibility index (Phi) is 10.8. The molecule has 9 nitrogen and oxygen atoms in total. The fourth-order valence-corrected chi connectivity index (χ4v) is 2.65. The van der Waals surface area contributed by atoms with E-state index in [1.54, 1.807) is 0 Å². The number of Topliss-reactive ketones (excluding diaryl/α,β-unsaturated/α-hetero) is 2. The van der Waals surface area contributed by atoms with Crippen LogP contribution in [0.5, 0.6) is 0 Å². The largest absolute Gasteiger partial charge is 1.00 e. The Hall–Kier alpha value is 0.190. The number of carboxylic acid groups (broad SMARTS) is 2. The summed E-state index contributed by atoms with van der Waals surface area (Å²) in [4.78, 5) is 44.0.